The van der Waals surface area contributed by atoms with Crippen LogP contribution in [0, 0.1) is 11.3 Å². The number of benzene rings is 1. The lowest BCUT2D eigenvalue weighted by molar-refractivity contribution is 0.600. The maximum absolute atomic E-state index is 11.7. The van der Waals surface area contributed by atoms with Crippen LogP contribution in [-0.2, 0) is 9.84 Å². The molecule has 1 fully saturated rings. The zero-order valence-electron chi connectivity index (χ0n) is 12.3. The molecule has 23 heavy (non-hydrogen) atoms. The van der Waals surface area contributed by atoms with E-state index in [1.54, 1.807) is 36.2 Å². The number of halogens is 1. The summed E-state index contributed by atoms with van der Waals surface area (Å²) >= 11 is 6.13. The standard InChI is InChI=1S/C14H14ClN5O2S/c1-19(10-6-7-23(21,22)9-10)14-12(8-16)17-20(18-14)13-5-3-2-4-11(13)15/h2-5,10H,6-7,9H2,1H3. The van der Waals surface area contributed by atoms with E-state index in [0.29, 0.717) is 22.9 Å². The van der Waals surface area contributed by atoms with Gasteiger partial charge in [-0.05, 0) is 18.6 Å². The summed E-state index contributed by atoms with van der Waals surface area (Å²) in [4.78, 5) is 3.01. The van der Waals surface area contributed by atoms with Crippen molar-refractivity contribution < 1.29 is 8.42 Å². The quantitative estimate of drug-likeness (QED) is 0.830. The molecular weight excluding hydrogens is 338 g/mol. The van der Waals surface area contributed by atoms with Crippen molar-refractivity contribution in [1.29, 1.82) is 5.26 Å². The summed E-state index contributed by atoms with van der Waals surface area (Å²) in [6.07, 6.45) is 0.517. The van der Waals surface area contributed by atoms with E-state index in [1.807, 2.05) is 6.07 Å². The van der Waals surface area contributed by atoms with E-state index in [1.165, 1.54) is 4.80 Å². The lowest BCUT2D eigenvalue weighted by Crippen LogP contribution is -2.33. The van der Waals surface area contributed by atoms with Gasteiger partial charge in [-0.2, -0.15) is 5.26 Å². The fourth-order valence-corrected chi connectivity index (χ4v) is 4.57. The molecule has 0 spiro atoms. The van der Waals surface area contributed by atoms with Gasteiger partial charge < -0.3 is 4.90 Å². The summed E-state index contributed by atoms with van der Waals surface area (Å²) in [5, 5.41) is 18.3. The molecule has 1 saturated heterocycles. The largest absolute Gasteiger partial charge is 0.352 e. The van der Waals surface area contributed by atoms with Crippen LogP contribution in [-0.4, -0.2) is 48.0 Å². The van der Waals surface area contributed by atoms with Gasteiger partial charge in [0.15, 0.2) is 15.7 Å². The maximum Gasteiger partial charge on any atom is 0.207 e. The Labute approximate surface area is 139 Å². The highest BCUT2D eigenvalue weighted by Gasteiger charge is 2.33. The first-order valence-corrected chi connectivity index (χ1v) is 9.17. The first kappa shape index (κ1) is 15.8. The van der Waals surface area contributed by atoms with Crippen LogP contribution < -0.4 is 4.90 Å². The third-order valence-electron chi connectivity index (χ3n) is 3.86. The van der Waals surface area contributed by atoms with E-state index in [2.05, 4.69) is 10.2 Å². The molecule has 0 saturated carbocycles. The summed E-state index contributed by atoms with van der Waals surface area (Å²) in [6, 6.07) is 8.83. The number of anilines is 1. The fourth-order valence-electron chi connectivity index (χ4n) is 2.58. The molecule has 0 aliphatic carbocycles. The number of hydrogen-bond donors (Lipinski definition) is 0. The molecule has 2 aromatic rings. The first-order chi connectivity index (χ1) is 10.9. The molecule has 0 bridgehead atoms. The van der Waals surface area contributed by atoms with Crippen molar-refractivity contribution in [1.82, 2.24) is 15.0 Å². The van der Waals surface area contributed by atoms with Gasteiger partial charge >= 0.3 is 0 Å². The fraction of sp³-hybridized carbons (Fsp3) is 0.357. The molecule has 0 N–H and O–H groups in total. The molecular formula is C14H14ClN5O2S. The molecule has 1 unspecified atom stereocenters. The van der Waals surface area contributed by atoms with Crippen molar-refractivity contribution in [2.24, 2.45) is 0 Å². The maximum atomic E-state index is 11.7. The minimum atomic E-state index is -3.02. The van der Waals surface area contributed by atoms with Gasteiger partial charge in [0, 0.05) is 13.1 Å². The van der Waals surface area contributed by atoms with Gasteiger partial charge in [0.25, 0.3) is 0 Å². The predicted molar refractivity (Wildman–Crippen MR) is 86.5 cm³/mol. The summed E-state index contributed by atoms with van der Waals surface area (Å²) in [5.74, 6) is 0.574. The lowest BCUT2D eigenvalue weighted by atomic mass is 10.2. The van der Waals surface area contributed by atoms with Crippen molar-refractivity contribution in [2.75, 3.05) is 23.5 Å². The molecule has 7 nitrogen and oxygen atoms in total. The zero-order valence-corrected chi connectivity index (χ0v) is 13.9. The van der Waals surface area contributed by atoms with Gasteiger partial charge in [-0.15, -0.1) is 15.0 Å². The number of para-hydroxylation sites is 1. The lowest BCUT2D eigenvalue weighted by Gasteiger charge is -2.22. The Kier molecular flexibility index (Phi) is 4.00. The van der Waals surface area contributed by atoms with E-state index < -0.39 is 9.84 Å². The van der Waals surface area contributed by atoms with Crippen LogP contribution in [0.2, 0.25) is 5.02 Å². The van der Waals surface area contributed by atoms with Crippen molar-refractivity contribution in [3.8, 4) is 11.8 Å². The number of hydrogen-bond acceptors (Lipinski definition) is 6. The summed E-state index contributed by atoms with van der Waals surface area (Å²) in [7, 11) is -1.29. The Balaban J connectivity index is 1.98. The Morgan fingerprint density at radius 1 is 1.39 bits per heavy atom. The molecule has 9 heteroatoms. The van der Waals surface area contributed by atoms with Crippen LogP contribution in [0.25, 0.3) is 5.69 Å². The van der Waals surface area contributed by atoms with E-state index in [0.717, 1.165) is 0 Å². The molecule has 0 radical (unpaired) electrons. The summed E-state index contributed by atoms with van der Waals surface area (Å²) in [6.45, 7) is 0. The van der Waals surface area contributed by atoms with Crippen LogP contribution >= 0.6 is 11.6 Å². The zero-order chi connectivity index (χ0) is 16.6. The minimum Gasteiger partial charge on any atom is -0.352 e. The Morgan fingerprint density at radius 3 is 2.74 bits per heavy atom. The highest BCUT2D eigenvalue weighted by atomic mass is 35.5. The van der Waals surface area contributed by atoms with Gasteiger partial charge in [0.05, 0.1) is 16.5 Å². The average molecular weight is 352 g/mol. The van der Waals surface area contributed by atoms with Crippen LogP contribution in [0.15, 0.2) is 24.3 Å². The number of sulfone groups is 1. The van der Waals surface area contributed by atoms with E-state index in [-0.39, 0.29) is 23.2 Å². The van der Waals surface area contributed by atoms with E-state index in [4.69, 9.17) is 11.6 Å². The second-order valence-electron chi connectivity index (χ2n) is 5.39. The van der Waals surface area contributed by atoms with Crippen molar-refractivity contribution in [3.63, 3.8) is 0 Å². The van der Waals surface area contributed by atoms with Crippen molar-refractivity contribution in [3.05, 3.63) is 35.0 Å². The Hall–Kier alpha value is -2.11. The number of nitriles is 1. The van der Waals surface area contributed by atoms with Gasteiger partial charge in [0.2, 0.25) is 5.69 Å². The Morgan fingerprint density at radius 2 is 2.13 bits per heavy atom. The second-order valence-corrected chi connectivity index (χ2v) is 8.03. The molecule has 0 amide bonds. The van der Waals surface area contributed by atoms with E-state index >= 15 is 0 Å². The first-order valence-electron chi connectivity index (χ1n) is 6.97. The minimum absolute atomic E-state index is 0.0628. The van der Waals surface area contributed by atoms with Gasteiger partial charge in [0.1, 0.15) is 11.8 Å². The molecule has 1 aromatic heterocycles. The molecule has 1 aliphatic heterocycles. The topological polar surface area (TPSA) is 91.9 Å². The van der Waals surface area contributed by atoms with Gasteiger partial charge in [-0.1, -0.05) is 23.7 Å². The van der Waals surface area contributed by atoms with Crippen LogP contribution in [0.3, 0.4) is 0 Å². The monoisotopic (exact) mass is 351 g/mol. The highest BCUT2D eigenvalue weighted by Crippen LogP contribution is 2.25. The molecule has 3 rings (SSSR count). The summed E-state index contributed by atoms with van der Waals surface area (Å²) in [5.41, 5.74) is 0.695. The molecule has 120 valence electrons. The normalized spacial score (nSPS) is 19.4. The predicted octanol–water partition coefficient (Wildman–Crippen LogP) is 1.42. The third kappa shape index (κ3) is 3.02. The van der Waals surface area contributed by atoms with Gasteiger partial charge in [-0.25, -0.2) is 8.42 Å². The van der Waals surface area contributed by atoms with Crippen molar-refractivity contribution in [2.45, 2.75) is 12.5 Å². The molecule has 1 atom stereocenters. The molecule has 2 heterocycles. The van der Waals surface area contributed by atoms with Crippen LogP contribution in [0.1, 0.15) is 12.1 Å². The Bertz CT molecular complexity index is 887. The number of rotatable bonds is 3. The SMILES string of the molecule is CN(c1nn(-c2ccccc2Cl)nc1C#N)C1CCS(=O)(=O)C1. The van der Waals surface area contributed by atoms with Crippen LogP contribution in [0.4, 0.5) is 5.82 Å². The summed E-state index contributed by atoms with van der Waals surface area (Å²) < 4.78 is 23.3. The third-order valence-corrected chi connectivity index (χ3v) is 5.93. The number of aromatic nitrogens is 3. The molecule has 1 aromatic carbocycles. The highest BCUT2D eigenvalue weighted by molar-refractivity contribution is 7.91. The second kappa shape index (κ2) is 5.83. The number of nitrogens with zero attached hydrogens (tertiary/aromatic N) is 5. The average Bonchev–Trinajstić information content (AvgIpc) is 3.10. The van der Waals surface area contributed by atoms with Crippen LogP contribution in [0.5, 0.6) is 0 Å². The smallest absolute Gasteiger partial charge is 0.207 e. The van der Waals surface area contributed by atoms with E-state index in [9.17, 15) is 13.7 Å². The van der Waals surface area contributed by atoms with Gasteiger partial charge in [-0.3, -0.25) is 0 Å². The molecule has 1 aliphatic rings. The van der Waals surface area contributed by atoms with Crippen molar-refractivity contribution >= 4 is 27.3 Å².